The second-order valence-electron chi connectivity index (χ2n) is 5.96. The van der Waals surface area contributed by atoms with Gasteiger partial charge in [0.2, 0.25) is 5.91 Å². The molecular weight excluding hydrogens is 313 g/mol. The molecule has 2 aromatic rings. The highest BCUT2D eigenvalue weighted by molar-refractivity contribution is 5.94. The standard InChI is InChI=1S/C17H18FN3O3/c1-11-5-6-13(18)16-12(11)4-3-8-21(16)15(23)10-20-9-7-14(22)19(2)17(20)24/h5-7,9H,3-4,8,10H2,1-2H3. The van der Waals surface area contributed by atoms with Crippen LogP contribution in [0.5, 0.6) is 0 Å². The molecule has 0 fully saturated rings. The van der Waals surface area contributed by atoms with Gasteiger partial charge in [-0.15, -0.1) is 0 Å². The quantitative estimate of drug-likeness (QED) is 0.824. The second kappa shape index (κ2) is 6.07. The molecule has 24 heavy (non-hydrogen) atoms. The minimum Gasteiger partial charge on any atom is -0.308 e. The van der Waals surface area contributed by atoms with Crippen LogP contribution in [0, 0.1) is 12.7 Å². The van der Waals surface area contributed by atoms with Crippen LogP contribution in [0.15, 0.2) is 34.0 Å². The minimum atomic E-state index is -0.571. The molecule has 0 spiro atoms. The number of benzene rings is 1. The largest absolute Gasteiger partial charge is 0.331 e. The number of hydrogen-bond donors (Lipinski definition) is 0. The van der Waals surface area contributed by atoms with Gasteiger partial charge in [0.05, 0.1) is 5.69 Å². The van der Waals surface area contributed by atoms with Crippen molar-refractivity contribution in [1.29, 1.82) is 0 Å². The van der Waals surface area contributed by atoms with Crippen LogP contribution in [-0.2, 0) is 24.8 Å². The van der Waals surface area contributed by atoms with E-state index in [9.17, 15) is 18.8 Å². The van der Waals surface area contributed by atoms with E-state index >= 15 is 0 Å². The Hall–Kier alpha value is -2.70. The van der Waals surface area contributed by atoms with Crippen molar-refractivity contribution in [3.8, 4) is 0 Å². The van der Waals surface area contributed by atoms with Crippen molar-refractivity contribution < 1.29 is 9.18 Å². The minimum absolute atomic E-state index is 0.236. The number of fused-ring (bicyclic) bond motifs is 1. The lowest BCUT2D eigenvalue weighted by Gasteiger charge is -2.31. The lowest BCUT2D eigenvalue weighted by molar-refractivity contribution is -0.119. The summed E-state index contributed by atoms with van der Waals surface area (Å²) in [6.45, 7) is 2.07. The molecule has 6 nitrogen and oxygen atoms in total. The molecule has 0 radical (unpaired) electrons. The van der Waals surface area contributed by atoms with E-state index in [1.54, 1.807) is 6.07 Å². The van der Waals surface area contributed by atoms with Crippen LogP contribution in [0.1, 0.15) is 17.5 Å². The summed E-state index contributed by atoms with van der Waals surface area (Å²) >= 11 is 0. The topological polar surface area (TPSA) is 64.3 Å². The fraction of sp³-hybridized carbons (Fsp3) is 0.353. The maximum atomic E-state index is 14.3. The summed E-state index contributed by atoms with van der Waals surface area (Å²) < 4.78 is 16.4. The summed E-state index contributed by atoms with van der Waals surface area (Å²) in [5, 5.41) is 0. The zero-order valence-corrected chi connectivity index (χ0v) is 13.6. The average molecular weight is 331 g/mol. The molecule has 2 heterocycles. The van der Waals surface area contributed by atoms with Gasteiger partial charge >= 0.3 is 5.69 Å². The van der Waals surface area contributed by atoms with Crippen LogP contribution < -0.4 is 16.1 Å². The summed E-state index contributed by atoms with van der Waals surface area (Å²) in [6.07, 6.45) is 2.76. The molecule has 0 atom stereocenters. The Kier molecular flexibility index (Phi) is 4.09. The molecule has 0 unspecified atom stereocenters. The van der Waals surface area contributed by atoms with Crippen molar-refractivity contribution in [2.24, 2.45) is 7.05 Å². The molecular formula is C17H18FN3O3. The van der Waals surface area contributed by atoms with Crippen LogP contribution in [0.4, 0.5) is 10.1 Å². The van der Waals surface area contributed by atoms with E-state index in [4.69, 9.17) is 0 Å². The van der Waals surface area contributed by atoms with Crippen molar-refractivity contribution in [3.05, 3.63) is 62.2 Å². The molecule has 1 aliphatic rings. The van der Waals surface area contributed by atoms with Gasteiger partial charge in [0.1, 0.15) is 12.4 Å². The second-order valence-corrected chi connectivity index (χ2v) is 5.96. The molecule has 1 aromatic carbocycles. The van der Waals surface area contributed by atoms with E-state index in [2.05, 4.69) is 0 Å². The predicted molar refractivity (Wildman–Crippen MR) is 87.8 cm³/mol. The highest BCUT2D eigenvalue weighted by Crippen LogP contribution is 2.32. The lowest BCUT2D eigenvalue weighted by Crippen LogP contribution is -2.43. The molecule has 0 saturated carbocycles. The number of carbonyl (C=O) groups excluding carboxylic acids is 1. The lowest BCUT2D eigenvalue weighted by atomic mass is 9.96. The molecule has 0 saturated heterocycles. The summed E-state index contributed by atoms with van der Waals surface area (Å²) in [7, 11) is 1.35. The van der Waals surface area contributed by atoms with E-state index in [0.29, 0.717) is 12.2 Å². The fourth-order valence-electron chi connectivity index (χ4n) is 3.06. The van der Waals surface area contributed by atoms with Gasteiger partial charge in [0, 0.05) is 25.9 Å². The molecule has 0 N–H and O–H groups in total. The zero-order valence-electron chi connectivity index (χ0n) is 13.6. The third kappa shape index (κ3) is 2.66. The highest BCUT2D eigenvalue weighted by Gasteiger charge is 2.27. The Bertz CT molecular complexity index is 930. The first kappa shape index (κ1) is 16.2. The number of amides is 1. The van der Waals surface area contributed by atoms with Crippen molar-refractivity contribution in [3.63, 3.8) is 0 Å². The molecule has 7 heteroatoms. The maximum absolute atomic E-state index is 14.3. The average Bonchev–Trinajstić information content (AvgIpc) is 2.58. The van der Waals surface area contributed by atoms with Crippen LogP contribution >= 0.6 is 0 Å². The maximum Gasteiger partial charge on any atom is 0.331 e. The van der Waals surface area contributed by atoms with Crippen LogP contribution in [0.2, 0.25) is 0 Å². The van der Waals surface area contributed by atoms with Gasteiger partial charge < -0.3 is 4.90 Å². The number of halogens is 1. The highest BCUT2D eigenvalue weighted by atomic mass is 19.1. The zero-order chi connectivity index (χ0) is 17.4. The van der Waals surface area contributed by atoms with Gasteiger partial charge in [-0.3, -0.25) is 18.7 Å². The number of aromatic nitrogens is 2. The Morgan fingerprint density at radius 3 is 2.75 bits per heavy atom. The number of nitrogens with zero attached hydrogens (tertiary/aromatic N) is 3. The van der Waals surface area contributed by atoms with Gasteiger partial charge in [0.25, 0.3) is 5.56 Å². The summed E-state index contributed by atoms with van der Waals surface area (Å²) in [6, 6.07) is 4.29. The number of carbonyl (C=O) groups is 1. The Balaban J connectivity index is 1.96. The number of anilines is 1. The summed E-state index contributed by atoms with van der Waals surface area (Å²) in [5.41, 5.74) is 1.08. The predicted octanol–water partition coefficient (Wildman–Crippen LogP) is 0.974. The smallest absolute Gasteiger partial charge is 0.308 e. The van der Waals surface area contributed by atoms with Crippen molar-refractivity contribution in [1.82, 2.24) is 9.13 Å². The van der Waals surface area contributed by atoms with Gasteiger partial charge in [-0.2, -0.15) is 0 Å². The van der Waals surface area contributed by atoms with Crippen molar-refractivity contribution >= 4 is 11.6 Å². The number of rotatable bonds is 2. The molecule has 1 aliphatic heterocycles. The Morgan fingerprint density at radius 1 is 1.25 bits per heavy atom. The Labute approximate surface area is 137 Å². The molecule has 0 bridgehead atoms. The first-order chi connectivity index (χ1) is 11.4. The van der Waals surface area contributed by atoms with Gasteiger partial charge in [-0.1, -0.05) is 6.07 Å². The van der Waals surface area contributed by atoms with Gasteiger partial charge in [-0.25, -0.2) is 9.18 Å². The van der Waals surface area contributed by atoms with Crippen LogP contribution in [-0.4, -0.2) is 21.6 Å². The van der Waals surface area contributed by atoms with Crippen LogP contribution in [0.3, 0.4) is 0 Å². The number of aryl methyl sites for hydroxylation is 1. The third-order valence-electron chi connectivity index (χ3n) is 4.41. The van der Waals surface area contributed by atoms with E-state index in [-0.39, 0.29) is 12.5 Å². The summed E-state index contributed by atoms with van der Waals surface area (Å²) in [5.74, 6) is -0.808. The van der Waals surface area contributed by atoms with E-state index in [0.717, 1.165) is 33.1 Å². The fourth-order valence-corrected chi connectivity index (χ4v) is 3.06. The Morgan fingerprint density at radius 2 is 2.00 bits per heavy atom. The molecule has 3 rings (SSSR count). The van der Waals surface area contributed by atoms with E-state index < -0.39 is 17.1 Å². The third-order valence-corrected chi connectivity index (χ3v) is 4.41. The SMILES string of the molecule is Cc1ccc(F)c2c1CCCN2C(=O)Cn1ccc(=O)n(C)c1=O. The van der Waals surface area contributed by atoms with Gasteiger partial charge in [-0.05, 0) is 37.0 Å². The molecule has 126 valence electrons. The molecule has 1 amide bonds. The summed E-state index contributed by atoms with van der Waals surface area (Å²) in [4.78, 5) is 37.5. The first-order valence-corrected chi connectivity index (χ1v) is 7.75. The van der Waals surface area contributed by atoms with Crippen molar-refractivity contribution in [2.45, 2.75) is 26.3 Å². The van der Waals surface area contributed by atoms with Gasteiger partial charge in [0.15, 0.2) is 0 Å². The van der Waals surface area contributed by atoms with Crippen LogP contribution in [0.25, 0.3) is 0 Å². The normalized spacial score (nSPS) is 13.7. The molecule has 0 aliphatic carbocycles. The molecule has 1 aromatic heterocycles. The van der Waals surface area contributed by atoms with E-state index in [1.165, 1.54) is 30.3 Å². The van der Waals surface area contributed by atoms with Crippen molar-refractivity contribution in [2.75, 3.05) is 11.4 Å². The number of hydrogen-bond acceptors (Lipinski definition) is 3. The first-order valence-electron chi connectivity index (χ1n) is 7.75. The monoisotopic (exact) mass is 331 g/mol. The van der Waals surface area contributed by atoms with E-state index in [1.807, 2.05) is 6.92 Å².